The van der Waals surface area contributed by atoms with Gasteiger partial charge in [-0.1, -0.05) is 17.7 Å². The number of halogens is 1. The van der Waals surface area contributed by atoms with Crippen molar-refractivity contribution >= 4 is 63.8 Å². The third-order valence-electron chi connectivity index (χ3n) is 10.8. The SMILES string of the molecule is COc1cc(N2CCC(N3CCN(C)CC3)CC2)c(-c2cnn(C)c2)cc1Nc1ncc(Cl)c(Nc2ccc3nc(C4CC4)ccc3c2P(C)(C)=O)n1. The Bertz CT molecular complexity index is 2180. The van der Waals surface area contributed by atoms with Gasteiger partial charge in [0.15, 0.2) is 5.82 Å². The Morgan fingerprint density at radius 1 is 0.887 bits per heavy atom. The van der Waals surface area contributed by atoms with Crippen molar-refractivity contribution in [3.05, 3.63) is 65.7 Å². The van der Waals surface area contributed by atoms with Crippen molar-refractivity contribution in [3.8, 4) is 16.9 Å². The summed E-state index contributed by atoms with van der Waals surface area (Å²) < 4.78 is 21.6. The van der Waals surface area contributed by atoms with Crippen molar-refractivity contribution < 1.29 is 9.30 Å². The number of fused-ring (bicyclic) bond motifs is 1. The van der Waals surface area contributed by atoms with Crippen molar-refractivity contribution in [2.75, 3.05) is 82.3 Å². The molecule has 3 aromatic heterocycles. The van der Waals surface area contributed by atoms with Gasteiger partial charge < -0.3 is 29.7 Å². The summed E-state index contributed by atoms with van der Waals surface area (Å²) in [6, 6.07) is 12.8. The smallest absolute Gasteiger partial charge is 0.229 e. The number of nitrogens with zero attached hydrogens (tertiary/aromatic N) is 8. The van der Waals surface area contributed by atoms with Gasteiger partial charge in [0.1, 0.15) is 17.9 Å². The number of hydrogen-bond acceptors (Lipinski definition) is 11. The van der Waals surface area contributed by atoms with Crippen LogP contribution in [0, 0.1) is 0 Å². The van der Waals surface area contributed by atoms with Crippen LogP contribution in [0.1, 0.15) is 37.3 Å². The average Bonchev–Trinajstić information content (AvgIpc) is 3.92. The molecule has 53 heavy (non-hydrogen) atoms. The number of likely N-dealkylation sites (N-methyl/N-ethyl adjacent to an activating group) is 1. The Labute approximate surface area is 316 Å². The minimum absolute atomic E-state index is 0.335. The van der Waals surface area contributed by atoms with Gasteiger partial charge in [-0.15, -0.1) is 0 Å². The molecule has 0 amide bonds. The van der Waals surface area contributed by atoms with Crippen LogP contribution in [-0.2, 0) is 11.6 Å². The van der Waals surface area contributed by atoms with Gasteiger partial charge >= 0.3 is 0 Å². The van der Waals surface area contributed by atoms with Crippen molar-refractivity contribution in [2.45, 2.75) is 37.6 Å². The number of pyridine rings is 1. The molecule has 14 heteroatoms. The molecule has 1 aliphatic carbocycles. The summed E-state index contributed by atoms with van der Waals surface area (Å²) in [6.45, 7) is 10.0. The van der Waals surface area contributed by atoms with Crippen LogP contribution in [0.15, 0.2) is 55.0 Å². The van der Waals surface area contributed by atoms with Crippen LogP contribution in [0.4, 0.5) is 28.8 Å². The minimum atomic E-state index is -2.75. The fourth-order valence-corrected chi connectivity index (χ4v) is 9.42. The molecule has 3 aliphatic rings. The molecule has 2 N–H and O–H groups in total. The van der Waals surface area contributed by atoms with Gasteiger partial charge in [-0.05, 0) is 70.3 Å². The molecule has 0 spiro atoms. The standard InChI is InChI=1S/C39H48ClN10O2P/c1-47-16-18-49(19-17-47)27-12-14-50(15-13-27)35-21-36(52-3)34(20-29(35)26-22-42-48(2)24-26)45-39-41-23-30(40)38(46-39)44-33-11-10-32-28(37(33)53(4,5)51)8-9-31(43-32)25-6-7-25/h8-11,20-25,27H,6-7,12-19H2,1-5H3,(H2,41,44,45,46). The summed E-state index contributed by atoms with van der Waals surface area (Å²) in [7, 11) is 3.07. The first kappa shape index (κ1) is 35.8. The van der Waals surface area contributed by atoms with E-state index in [-0.39, 0.29) is 0 Å². The molecule has 5 heterocycles. The van der Waals surface area contributed by atoms with Crippen molar-refractivity contribution in [3.63, 3.8) is 0 Å². The van der Waals surface area contributed by atoms with E-state index in [1.807, 2.05) is 36.3 Å². The third-order valence-corrected chi connectivity index (χ3v) is 12.7. The predicted octanol–water partition coefficient (Wildman–Crippen LogP) is 6.92. The monoisotopic (exact) mass is 754 g/mol. The van der Waals surface area contributed by atoms with E-state index in [0.29, 0.717) is 45.9 Å². The van der Waals surface area contributed by atoms with Crippen LogP contribution < -0.4 is 25.6 Å². The van der Waals surface area contributed by atoms with E-state index in [1.54, 1.807) is 26.6 Å². The maximum absolute atomic E-state index is 13.8. The summed E-state index contributed by atoms with van der Waals surface area (Å²) in [5.41, 5.74) is 6.51. The molecule has 2 aromatic carbocycles. The van der Waals surface area contributed by atoms with Crippen LogP contribution in [0.2, 0.25) is 5.02 Å². The van der Waals surface area contributed by atoms with Gasteiger partial charge in [-0.2, -0.15) is 10.1 Å². The molecule has 0 atom stereocenters. The minimum Gasteiger partial charge on any atom is -0.494 e. The van der Waals surface area contributed by atoms with Crippen LogP contribution >= 0.6 is 18.7 Å². The fourth-order valence-electron chi connectivity index (χ4n) is 7.80. The molecule has 278 valence electrons. The summed E-state index contributed by atoms with van der Waals surface area (Å²) >= 11 is 6.69. The lowest BCUT2D eigenvalue weighted by atomic mass is 9.98. The highest BCUT2D eigenvalue weighted by atomic mass is 35.5. The number of methoxy groups -OCH3 is 1. The number of hydrogen-bond donors (Lipinski definition) is 2. The molecule has 2 aliphatic heterocycles. The number of aromatic nitrogens is 5. The highest BCUT2D eigenvalue weighted by molar-refractivity contribution is 7.71. The second-order valence-corrected chi connectivity index (χ2v) is 18.6. The van der Waals surface area contributed by atoms with E-state index >= 15 is 0 Å². The maximum Gasteiger partial charge on any atom is 0.229 e. The van der Waals surface area contributed by atoms with E-state index in [9.17, 15) is 4.57 Å². The Hall–Kier alpha value is -4.22. The molecule has 8 rings (SSSR count). The lowest BCUT2D eigenvalue weighted by Crippen LogP contribution is -2.52. The number of ether oxygens (including phenoxy) is 1. The van der Waals surface area contributed by atoms with Gasteiger partial charge in [0.25, 0.3) is 0 Å². The average molecular weight is 755 g/mol. The van der Waals surface area contributed by atoms with E-state index in [2.05, 4.69) is 66.7 Å². The highest BCUT2D eigenvalue weighted by Crippen LogP contribution is 2.45. The van der Waals surface area contributed by atoms with Crippen LogP contribution in [0.25, 0.3) is 22.0 Å². The first-order valence-electron chi connectivity index (χ1n) is 18.5. The summed E-state index contributed by atoms with van der Waals surface area (Å²) in [6.07, 6.45) is 10.1. The largest absolute Gasteiger partial charge is 0.494 e. The fraction of sp³-hybridized carbons (Fsp3) is 0.436. The number of anilines is 5. The molecular formula is C39H48ClN10O2P. The molecule has 12 nitrogen and oxygen atoms in total. The zero-order valence-electron chi connectivity index (χ0n) is 31.1. The number of benzene rings is 2. The van der Waals surface area contributed by atoms with Gasteiger partial charge in [0.05, 0.1) is 36.4 Å². The van der Waals surface area contributed by atoms with E-state index in [4.69, 9.17) is 26.3 Å². The maximum atomic E-state index is 13.8. The molecule has 0 radical (unpaired) electrons. The summed E-state index contributed by atoms with van der Waals surface area (Å²) in [5, 5.41) is 13.2. The zero-order valence-corrected chi connectivity index (χ0v) is 32.8. The quantitative estimate of drug-likeness (QED) is 0.145. The Kier molecular flexibility index (Phi) is 9.82. The highest BCUT2D eigenvalue weighted by Gasteiger charge is 2.30. The second-order valence-electron chi connectivity index (χ2n) is 15.1. The first-order chi connectivity index (χ1) is 25.5. The molecule has 1 saturated carbocycles. The molecular weight excluding hydrogens is 707 g/mol. The molecule has 0 bridgehead atoms. The van der Waals surface area contributed by atoms with E-state index < -0.39 is 7.14 Å². The van der Waals surface area contributed by atoms with Crippen LogP contribution in [0.3, 0.4) is 0 Å². The zero-order chi connectivity index (χ0) is 36.9. The van der Waals surface area contributed by atoms with Crippen molar-refractivity contribution in [2.24, 2.45) is 7.05 Å². The summed E-state index contributed by atoms with van der Waals surface area (Å²) in [5.74, 6) is 1.94. The second kappa shape index (κ2) is 14.5. The number of piperidine rings is 1. The van der Waals surface area contributed by atoms with Crippen LogP contribution in [-0.4, -0.2) is 107 Å². The lowest BCUT2D eigenvalue weighted by Gasteiger charge is -2.43. The van der Waals surface area contributed by atoms with Crippen molar-refractivity contribution in [1.82, 2.24) is 34.5 Å². The normalized spacial score (nSPS) is 17.7. The van der Waals surface area contributed by atoms with E-state index in [0.717, 1.165) is 90.8 Å². The number of aryl methyl sites for hydroxylation is 1. The van der Waals surface area contributed by atoms with Gasteiger partial charge in [0, 0.05) is 104 Å². The molecule has 2 saturated heterocycles. The summed E-state index contributed by atoms with van der Waals surface area (Å²) in [4.78, 5) is 21.8. The van der Waals surface area contributed by atoms with Gasteiger partial charge in [-0.3, -0.25) is 14.6 Å². The topological polar surface area (TPSA) is 117 Å². The Morgan fingerprint density at radius 2 is 1.66 bits per heavy atom. The lowest BCUT2D eigenvalue weighted by molar-refractivity contribution is 0.0982. The van der Waals surface area contributed by atoms with Gasteiger partial charge in [0.2, 0.25) is 5.95 Å². The number of piperazine rings is 1. The Morgan fingerprint density at radius 3 is 2.34 bits per heavy atom. The first-order valence-corrected chi connectivity index (χ1v) is 21.5. The third kappa shape index (κ3) is 7.60. The van der Waals surface area contributed by atoms with E-state index in [1.165, 1.54) is 12.8 Å². The van der Waals surface area contributed by atoms with Crippen LogP contribution in [0.5, 0.6) is 5.75 Å². The number of nitrogens with one attached hydrogen (secondary N) is 2. The molecule has 0 unspecified atom stereocenters. The number of rotatable bonds is 10. The predicted molar refractivity (Wildman–Crippen MR) is 216 cm³/mol. The van der Waals surface area contributed by atoms with Crippen molar-refractivity contribution in [1.29, 1.82) is 0 Å². The Balaban J connectivity index is 1.08. The molecule has 3 fully saturated rings. The van der Waals surface area contributed by atoms with Gasteiger partial charge in [-0.25, -0.2) is 4.98 Å². The molecule has 5 aromatic rings.